The number of allylic oxidation sites excluding steroid dienone is 1. The average molecular weight is 447 g/mol. The van der Waals surface area contributed by atoms with Gasteiger partial charge < -0.3 is 0 Å². The molecule has 166 valence electrons. The quantitative estimate of drug-likeness (QED) is 0.219. The minimum atomic E-state index is -0.286. The molecule has 0 nitrogen and oxygen atoms in total. The highest BCUT2D eigenvalue weighted by molar-refractivity contribution is 5.94. The van der Waals surface area contributed by atoms with Crippen molar-refractivity contribution < 1.29 is 0 Å². The monoisotopic (exact) mass is 446 g/mol. The summed E-state index contributed by atoms with van der Waals surface area (Å²) in [5.74, 6) is 0. The molecule has 0 amide bonds. The van der Waals surface area contributed by atoms with Crippen LogP contribution in [0.15, 0.2) is 97.1 Å². The molecule has 0 heterocycles. The van der Waals surface area contributed by atoms with Crippen molar-refractivity contribution >= 4 is 16.8 Å². The second-order valence-corrected chi connectivity index (χ2v) is 10.4. The summed E-state index contributed by atoms with van der Waals surface area (Å²) in [5, 5.41) is 2.73. The Morgan fingerprint density at radius 2 is 1.46 bits per heavy atom. The van der Waals surface area contributed by atoms with E-state index in [1.165, 1.54) is 72.0 Å². The van der Waals surface area contributed by atoms with Crippen LogP contribution in [0.1, 0.15) is 56.5 Å². The van der Waals surface area contributed by atoms with E-state index in [1.54, 1.807) is 0 Å². The highest BCUT2D eigenvalue weighted by Gasteiger charge is 2.50. The number of hydrogen-bond acceptors (Lipinski definition) is 0. The number of benzene rings is 5. The lowest BCUT2D eigenvalue weighted by Gasteiger charge is -2.42. The predicted octanol–water partition coefficient (Wildman–Crippen LogP) is 8.37. The Morgan fingerprint density at radius 3 is 2.43 bits per heavy atom. The molecule has 5 aromatic rings. The van der Waals surface area contributed by atoms with Gasteiger partial charge in [-0.25, -0.2) is 0 Å². The van der Waals surface area contributed by atoms with Crippen molar-refractivity contribution in [2.24, 2.45) is 0 Å². The third kappa shape index (κ3) is 2.37. The molecule has 3 aliphatic rings. The summed E-state index contributed by atoms with van der Waals surface area (Å²) < 4.78 is 0. The average Bonchev–Trinajstić information content (AvgIpc) is 3.19. The van der Waals surface area contributed by atoms with E-state index in [0.29, 0.717) is 0 Å². The number of rotatable bonds is 0. The van der Waals surface area contributed by atoms with Gasteiger partial charge in [-0.1, -0.05) is 109 Å². The van der Waals surface area contributed by atoms with E-state index in [-0.39, 0.29) is 5.41 Å². The maximum Gasteiger partial charge on any atom is 0.0719 e. The molecule has 8 rings (SSSR count). The zero-order chi connectivity index (χ0) is 23.1. The molecule has 0 heteroatoms. The first-order valence-corrected chi connectivity index (χ1v) is 12.8. The van der Waals surface area contributed by atoms with Crippen molar-refractivity contribution in [1.29, 1.82) is 0 Å². The SMILES string of the molecule is Cc1ccc2c(c1)C1(c3ccccc3-2)c2ccc3c(c2Cc2c1ccc1ccccc21)C=CCC3. The van der Waals surface area contributed by atoms with Gasteiger partial charge in [-0.2, -0.15) is 0 Å². The molecule has 1 spiro atoms. The van der Waals surface area contributed by atoms with E-state index < -0.39 is 0 Å². The fourth-order valence-electron chi connectivity index (χ4n) is 7.29. The molecule has 0 fully saturated rings. The molecule has 0 saturated heterocycles. The van der Waals surface area contributed by atoms with Crippen molar-refractivity contribution in [3.05, 3.63) is 147 Å². The Hall–Kier alpha value is -3.90. The second kappa shape index (κ2) is 6.83. The lowest BCUT2D eigenvalue weighted by atomic mass is 9.60. The van der Waals surface area contributed by atoms with E-state index in [4.69, 9.17) is 0 Å². The van der Waals surface area contributed by atoms with Crippen LogP contribution in [0.4, 0.5) is 0 Å². The van der Waals surface area contributed by atoms with Crippen LogP contribution in [0.3, 0.4) is 0 Å². The summed E-state index contributed by atoms with van der Waals surface area (Å²) in [7, 11) is 0. The maximum atomic E-state index is 2.47. The van der Waals surface area contributed by atoms with Gasteiger partial charge >= 0.3 is 0 Å². The Bertz CT molecular complexity index is 1730. The van der Waals surface area contributed by atoms with E-state index in [1.807, 2.05) is 0 Å². The Morgan fingerprint density at radius 1 is 0.657 bits per heavy atom. The largest absolute Gasteiger partial charge is 0.0836 e. The summed E-state index contributed by atoms with van der Waals surface area (Å²) in [5.41, 5.74) is 15.6. The van der Waals surface area contributed by atoms with Gasteiger partial charge in [0, 0.05) is 0 Å². The van der Waals surface area contributed by atoms with Crippen molar-refractivity contribution in [2.75, 3.05) is 0 Å². The molecule has 1 unspecified atom stereocenters. The topological polar surface area (TPSA) is 0 Å². The van der Waals surface area contributed by atoms with Gasteiger partial charge in [-0.05, 0) is 92.6 Å². The first kappa shape index (κ1) is 19.4. The second-order valence-electron chi connectivity index (χ2n) is 10.4. The molecule has 0 saturated carbocycles. The van der Waals surface area contributed by atoms with Gasteiger partial charge in [0.15, 0.2) is 0 Å². The lowest BCUT2D eigenvalue weighted by molar-refractivity contribution is 0.721. The minimum Gasteiger partial charge on any atom is -0.0836 e. The molecule has 0 N–H and O–H groups in total. The van der Waals surface area contributed by atoms with E-state index in [2.05, 4.69) is 110 Å². The summed E-state index contributed by atoms with van der Waals surface area (Å²) in [6, 6.07) is 34.8. The van der Waals surface area contributed by atoms with Crippen LogP contribution in [0.5, 0.6) is 0 Å². The summed E-state index contributed by atoms with van der Waals surface area (Å²) in [6.07, 6.45) is 8.04. The van der Waals surface area contributed by atoms with Crippen molar-refractivity contribution in [3.8, 4) is 11.1 Å². The van der Waals surface area contributed by atoms with Crippen LogP contribution >= 0.6 is 0 Å². The third-order valence-corrected chi connectivity index (χ3v) is 8.71. The number of hydrogen-bond donors (Lipinski definition) is 0. The molecular weight excluding hydrogens is 420 g/mol. The summed E-state index contributed by atoms with van der Waals surface area (Å²) >= 11 is 0. The standard InChI is InChI=1S/C35H26/c1-22-14-17-28-27-12-6-7-13-31(27)35(34(28)20-22)32-18-15-23-8-2-4-10-25(23)29(32)21-30-26-11-5-3-9-24(26)16-19-33(30)35/h2,4-8,10-20H,3,9,21H2,1H3. The maximum absolute atomic E-state index is 2.47. The zero-order valence-corrected chi connectivity index (χ0v) is 19.9. The van der Waals surface area contributed by atoms with Gasteiger partial charge in [0.2, 0.25) is 0 Å². The first-order chi connectivity index (χ1) is 17.3. The molecule has 0 radical (unpaired) electrons. The van der Waals surface area contributed by atoms with Gasteiger partial charge in [0.1, 0.15) is 0 Å². The van der Waals surface area contributed by atoms with E-state index in [9.17, 15) is 0 Å². The smallest absolute Gasteiger partial charge is 0.0719 e. The summed E-state index contributed by atoms with van der Waals surface area (Å²) in [4.78, 5) is 0. The summed E-state index contributed by atoms with van der Waals surface area (Å²) in [6.45, 7) is 2.23. The van der Waals surface area contributed by atoms with Gasteiger partial charge in [0.05, 0.1) is 5.41 Å². The van der Waals surface area contributed by atoms with E-state index in [0.717, 1.165) is 19.3 Å². The van der Waals surface area contributed by atoms with Crippen LogP contribution in [-0.4, -0.2) is 0 Å². The highest BCUT2D eigenvalue weighted by Crippen LogP contribution is 2.60. The van der Waals surface area contributed by atoms with Crippen molar-refractivity contribution in [1.82, 2.24) is 0 Å². The number of aryl methyl sites for hydroxylation is 2. The van der Waals surface area contributed by atoms with Crippen LogP contribution < -0.4 is 0 Å². The number of fused-ring (bicyclic) bond motifs is 13. The normalized spacial score (nSPS) is 18.7. The minimum absolute atomic E-state index is 0.286. The zero-order valence-electron chi connectivity index (χ0n) is 19.9. The van der Waals surface area contributed by atoms with Crippen LogP contribution in [0.25, 0.3) is 28.0 Å². The Balaban J connectivity index is 1.61. The molecular formula is C35H26. The van der Waals surface area contributed by atoms with E-state index >= 15 is 0 Å². The molecule has 35 heavy (non-hydrogen) atoms. The first-order valence-electron chi connectivity index (χ1n) is 12.8. The molecule has 0 bridgehead atoms. The van der Waals surface area contributed by atoms with Crippen LogP contribution in [0, 0.1) is 6.92 Å². The van der Waals surface area contributed by atoms with Gasteiger partial charge in [0.25, 0.3) is 0 Å². The van der Waals surface area contributed by atoms with Crippen LogP contribution in [-0.2, 0) is 18.3 Å². The molecule has 5 aromatic carbocycles. The molecule has 1 atom stereocenters. The third-order valence-electron chi connectivity index (χ3n) is 8.71. The molecule has 0 aromatic heterocycles. The highest BCUT2D eigenvalue weighted by atomic mass is 14.5. The Kier molecular flexibility index (Phi) is 3.79. The lowest BCUT2D eigenvalue weighted by Crippen LogP contribution is -2.35. The predicted molar refractivity (Wildman–Crippen MR) is 146 cm³/mol. The van der Waals surface area contributed by atoms with Crippen molar-refractivity contribution in [2.45, 2.75) is 31.6 Å². The molecule has 0 aliphatic heterocycles. The van der Waals surface area contributed by atoms with Crippen molar-refractivity contribution in [3.63, 3.8) is 0 Å². The van der Waals surface area contributed by atoms with Gasteiger partial charge in [-0.3, -0.25) is 0 Å². The van der Waals surface area contributed by atoms with Gasteiger partial charge in [-0.15, -0.1) is 0 Å². The fourth-order valence-corrected chi connectivity index (χ4v) is 7.29. The fraction of sp³-hybridized carbons (Fsp3) is 0.143. The Labute approximate surface area is 206 Å². The van der Waals surface area contributed by atoms with Crippen LogP contribution in [0.2, 0.25) is 0 Å². The molecule has 3 aliphatic carbocycles.